The lowest BCUT2D eigenvalue weighted by molar-refractivity contribution is 0.000334. The number of ether oxygens (including phenoxy) is 4. The van der Waals surface area contributed by atoms with Crippen LogP contribution in [0.2, 0.25) is 0 Å². The highest BCUT2D eigenvalue weighted by Crippen LogP contribution is 2.38. The second kappa shape index (κ2) is 11.6. The number of aromatic nitrogens is 2. The summed E-state index contributed by atoms with van der Waals surface area (Å²) in [7, 11) is 0. The zero-order chi connectivity index (χ0) is 30.2. The standard InChI is InChI=1S/C33H41N5O5/c1-32(2,3)43-31(39)38-13-12-37(21-33(38,4)5)27-11-9-24-18-28(27)42-17-15-40-14-16-41-25-10-8-22-6-7-23-20-34-30(35-24)36-29(23)26(22)19-25/h8-11,18-20H,6-7,12-17,21H2,1-5H3,(H,34,35,36). The van der Waals surface area contributed by atoms with Gasteiger partial charge < -0.3 is 29.2 Å². The molecule has 1 saturated heterocycles. The zero-order valence-electron chi connectivity index (χ0n) is 25.7. The molecule has 1 N–H and O–H groups in total. The number of amides is 1. The van der Waals surface area contributed by atoms with Gasteiger partial charge in [0.25, 0.3) is 0 Å². The first-order valence-electron chi connectivity index (χ1n) is 15.0. The van der Waals surface area contributed by atoms with E-state index in [1.165, 1.54) is 5.56 Å². The molecule has 228 valence electrons. The Balaban J connectivity index is 1.28. The van der Waals surface area contributed by atoms with Gasteiger partial charge in [0.15, 0.2) is 0 Å². The SMILES string of the molecule is CC(C)(C)OC(=O)N1CCN(c2ccc3cc2OCCOCCOc2ccc4c(c2)-c2nc(ncc2CC4)N3)CC1(C)C. The van der Waals surface area contributed by atoms with E-state index in [1.807, 2.05) is 50.1 Å². The van der Waals surface area contributed by atoms with Gasteiger partial charge in [-0.05, 0) is 82.9 Å². The number of carbonyl (C=O) groups excluding carboxylic acids is 1. The van der Waals surface area contributed by atoms with Crippen LogP contribution < -0.4 is 19.7 Å². The van der Waals surface area contributed by atoms with E-state index in [1.54, 1.807) is 0 Å². The van der Waals surface area contributed by atoms with Crippen molar-refractivity contribution >= 4 is 23.4 Å². The molecule has 10 heteroatoms. The highest BCUT2D eigenvalue weighted by molar-refractivity contribution is 5.74. The van der Waals surface area contributed by atoms with Crippen molar-refractivity contribution in [1.29, 1.82) is 0 Å². The van der Waals surface area contributed by atoms with Crippen molar-refractivity contribution in [2.24, 2.45) is 0 Å². The molecule has 6 rings (SSSR count). The lowest BCUT2D eigenvalue weighted by Gasteiger charge is -2.48. The monoisotopic (exact) mass is 587 g/mol. The van der Waals surface area contributed by atoms with Crippen LogP contribution in [0.15, 0.2) is 42.6 Å². The summed E-state index contributed by atoms with van der Waals surface area (Å²) in [5.41, 5.74) is 5.19. The van der Waals surface area contributed by atoms with E-state index >= 15 is 0 Å². The third-order valence-corrected chi connectivity index (χ3v) is 7.92. The smallest absolute Gasteiger partial charge is 0.410 e. The highest BCUT2D eigenvalue weighted by Gasteiger charge is 2.39. The van der Waals surface area contributed by atoms with Crippen molar-refractivity contribution in [3.8, 4) is 22.8 Å². The quantitative estimate of drug-likeness (QED) is 0.390. The third-order valence-electron chi connectivity index (χ3n) is 7.92. The number of hydrogen-bond donors (Lipinski definition) is 1. The Morgan fingerprint density at radius 2 is 1.77 bits per heavy atom. The van der Waals surface area contributed by atoms with Gasteiger partial charge in [-0.2, -0.15) is 0 Å². The van der Waals surface area contributed by atoms with Gasteiger partial charge in [-0.25, -0.2) is 14.8 Å². The summed E-state index contributed by atoms with van der Waals surface area (Å²) in [5.74, 6) is 2.05. The molecule has 3 aliphatic rings. The average molecular weight is 588 g/mol. The number of nitrogens with one attached hydrogen (secondary N) is 1. The molecule has 1 fully saturated rings. The van der Waals surface area contributed by atoms with Gasteiger partial charge in [-0.1, -0.05) is 6.07 Å². The Morgan fingerprint density at radius 3 is 2.56 bits per heavy atom. The van der Waals surface area contributed by atoms with Crippen LogP contribution in [0, 0.1) is 0 Å². The maximum atomic E-state index is 13.0. The molecule has 3 aromatic rings. The molecule has 1 aromatic heterocycles. The van der Waals surface area contributed by atoms with Crippen LogP contribution >= 0.6 is 0 Å². The molecular weight excluding hydrogens is 546 g/mol. The molecule has 2 aliphatic heterocycles. The minimum Gasteiger partial charge on any atom is -0.491 e. The van der Waals surface area contributed by atoms with Gasteiger partial charge in [0.1, 0.15) is 30.3 Å². The maximum Gasteiger partial charge on any atom is 0.410 e. The number of anilines is 3. The third kappa shape index (κ3) is 6.49. The average Bonchev–Trinajstić information content (AvgIpc) is 2.95. The lowest BCUT2D eigenvalue weighted by atomic mass is 9.90. The molecule has 2 aromatic carbocycles. The van der Waals surface area contributed by atoms with Crippen LogP contribution in [0.1, 0.15) is 45.7 Å². The fraction of sp³-hybridized carbons (Fsp3) is 0.485. The fourth-order valence-corrected chi connectivity index (χ4v) is 5.88. The molecule has 43 heavy (non-hydrogen) atoms. The van der Waals surface area contributed by atoms with E-state index < -0.39 is 11.1 Å². The van der Waals surface area contributed by atoms with E-state index in [0.717, 1.165) is 52.5 Å². The van der Waals surface area contributed by atoms with Crippen molar-refractivity contribution in [2.75, 3.05) is 56.3 Å². The predicted octanol–water partition coefficient (Wildman–Crippen LogP) is 5.61. The summed E-state index contributed by atoms with van der Waals surface area (Å²) >= 11 is 0. The van der Waals surface area contributed by atoms with Crippen LogP contribution in [-0.2, 0) is 22.3 Å². The van der Waals surface area contributed by atoms with Gasteiger partial charge in [-0.15, -0.1) is 0 Å². The van der Waals surface area contributed by atoms with Gasteiger partial charge in [0, 0.05) is 43.1 Å². The first-order chi connectivity index (χ1) is 20.6. The molecule has 3 heterocycles. The van der Waals surface area contributed by atoms with Crippen molar-refractivity contribution in [3.63, 3.8) is 0 Å². The number of benzene rings is 2. The summed E-state index contributed by atoms with van der Waals surface area (Å²) in [6.07, 6.45) is 3.48. The Kier molecular flexibility index (Phi) is 7.81. The second-order valence-corrected chi connectivity index (χ2v) is 12.9. The Hall–Kier alpha value is -4.05. The van der Waals surface area contributed by atoms with Crippen LogP contribution in [0.3, 0.4) is 0 Å². The largest absolute Gasteiger partial charge is 0.491 e. The number of hydrogen-bond acceptors (Lipinski definition) is 9. The van der Waals surface area contributed by atoms with E-state index in [-0.39, 0.29) is 6.09 Å². The molecule has 0 spiro atoms. The summed E-state index contributed by atoms with van der Waals surface area (Å²) in [4.78, 5) is 26.6. The van der Waals surface area contributed by atoms with E-state index in [2.05, 4.69) is 47.2 Å². The highest BCUT2D eigenvalue weighted by atomic mass is 16.6. The van der Waals surface area contributed by atoms with Crippen LogP contribution in [-0.4, -0.2) is 78.2 Å². The van der Waals surface area contributed by atoms with E-state index in [4.69, 9.17) is 23.9 Å². The Labute approximate surface area is 253 Å². The first-order valence-corrected chi connectivity index (χ1v) is 15.0. The van der Waals surface area contributed by atoms with Gasteiger partial charge in [0.05, 0.1) is 30.1 Å². The lowest BCUT2D eigenvalue weighted by Crippen LogP contribution is -2.61. The summed E-state index contributed by atoms with van der Waals surface area (Å²) in [6, 6.07) is 12.3. The maximum absolute atomic E-state index is 13.0. The first kappa shape index (κ1) is 29.0. The number of rotatable bonds is 1. The van der Waals surface area contributed by atoms with Gasteiger partial charge in [0.2, 0.25) is 5.95 Å². The normalized spacial score (nSPS) is 18.2. The molecule has 6 bridgehead atoms. The van der Waals surface area contributed by atoms with Crippen molar-refractivity contribution in [1.82, 2.24) is 14.9 Å². The van der Waals surface area contributed by atoms with Crippen LogP contribution in [0.4, 0.5) is 22.1 Å². The molecule has 10 nitrogen and oxygen atoms in total. The van der Waals surface area contributed by atoms with Crippen molar-refractivity contribution in [2.45, 2.75) is 58.6 Å². The topological polar surface area (TPSA) is 98.3 Å². The van der Waals surface area contributed by atoms with Gasteiger partial charge in [-0.3, -0.25) is 4.90 Å². The molecule has 1 aliphatic carbocycles. The Morgan fingerprint density at radius 1 is 0.977 bits per heavy atom. The number of aryl methyl sites for hydroxylation is 2. The number of piperazine rings is 1. The second-order valence-electron chi connectivity index (χ2n) is 12.9. The van der Waals surface area contributed by atoms with Crippen LogP contribution in [0.5, 0.6) is 11.5 Å². The summed E-state index contributed by atoms with van der Waals surface area (Å²) < 4.78 is 23.8. The number of nitrogens with zero attached hydrogens (tertiary/aromatic N) is 4. The fourth-order valence-electron chi connectivity index (χ4n) is 5.88. The minimum atomic E-state index is -0.548. The minimum absolute atomic E-state index is 0.290. The van der Waals surface area contributed by atoms with Crippen molar-refractivity contribution in [3.05, 3.63) is 53.7 Å². The van der Waals surface area contributed by atoms with E-state index in [9.17, 15) is 4.79 Å². The number of carbonyl (C=O) groups is 1. The molecule has 0 radical (unpaired) electrons. The molecule has 0 atom stereocenters. The zero-order valence-corrected chi connectivity index (χ0v) is 25.7. The molecular formula is C33H41N5O5. The molecule has 0 saturated carbocycles. The number of fused-ring (bicyclic) bond motifs is 4. The van der Waals surface area contributed by atoms with Crippen molar-refractivity contribution < 1.29 is 23.7 Å². The molecule has 1 amide bonds. The summed E-state index contributed by atoms with van der Waals surface area (Å²) in [6.45, 7) is 13.3. The van der Waals surface area contributed by atoms with E-state index in [0.29, 0.717) is 52.0 Å². The van der Waals surface area contributed by atoms with Gasteiger partial charge >= 0.3 is 6.09 Å². The molecule has 0 unspecified atom stereocenters. The summed E-state index contributed by atoms with van der Waals surface area (Å²) in [5, 5.41) is 3.39. The van der Waals surface area contributed by atoms with Crippen LogP contribution in [0.25, 0.3) is 11.3 Å². The Bertz CT molecular complexity index is 1500. The predicted molar refractivity (Wildman–Crippen MR) is 166 cm³/mol.